The zero-order valence-corrected chi connectivity index (χ0v) is 22.9. The lowest BCUT2D eigenvalue weighted by atomic mass is 10.2. The maximum Gasteiger partial charge on any atom is 0.434 e. The van der Waals surface area contributed by atoms with Gasteiger partial charge in [0.1, 0.15) is 5.69 Å². The van der Waals surface area contributed by atoms with Crippen molar-refractivity contribution in [2.24, 2.45) is 5.92 Å². The predicted octanol–water partition coefficient (Wildman–Crippen LogP) is 6.16. The van der Waals surface area contributed by atoms with E-state index in [0.29, 0.717) is 12.5 Å². The normalized spacial score (nSPS) is 13.3. The maximum atomic E-state index is 13.0. The lowest BCUT2D eigenvalue weighted by Crippen LogP contribution is -2.23. The topological polar surface area (TPSA) is 108 Å². The smallest absolute Gasteiger partial charge is 0.434 e. The first-order chi connectivity index (χ1) is 17.6. The van der Waals surface area contributed by atoms with Crippen molar-refractivity contribution in [1.82, 2.24) is 9.97 Å². The Morgan fingerprint density at radius 3 is 1.95 bits per heavy atom. The second-order valence-corrected chi connectivity index (χ2v) is 9.31. The molecule has 3 rings (SSSR count). The lowest BCUT2D eigenvalue weighted by molar-refractivity contribution is -0.142. The molecule has 0 aromatic carbocycles. The van der Waals surface area contributed by atoms with Crippen molar-refractivity contribution in [2.45, 2.75) is 39.0 Å². The first-order valence-electron chi connectivity index (χ1n) is 10.8. The van der Waals surface area contributed by atoms with Gasteiger partial charge in [0.25, 0.3) is 5.56 Å². The van der Waals surface area contributed by atoms with Gasteiger partial charge < -0.3 is 19.2 Å². The number of halogens is 8. The Morgan fingerprint density at radius 1 is 0.947 bits per heavy atom. The van der Waals surface area contributed by atoms with Crippen molar-refractivity contribution in [3.63, 3.8) is 0 Å². The Kier molecular flexibility index (Phi) is 10.8. The second kappa shape index (κ2) is 13.0. The number of H-pyrrole nitrogens is 1. The number of carbonyl (C=O) groups is 2. The molecule has 16 heteroatoms. The van der Waals surface area contributed by atoms with Crippen molar-refractivity contribution >= 4 is 43.8 Å². The van der Waals surface area contributed by atoms with Crippen LogP contribution in [0.4, 0.5) is 26.3 Å². The molecule has 2 aromatic heterocycles. The number of alkyl halides is 6. The van der Waals surface area contributed by atoms with Crippen LogP contribution in [0.25, 0.3) is 0 Å². The molecule has 2 aromatic rings. The van der Waals surface area contributed by atoms with Crippen LogP contribution in [0.15, 0.2) is 25.9 Å². The van der Waals surface area contributed by atoms with E-state index in [1.165, 1.54) is 13.8 Å². The molecule has 0 atom stereocenters. The summed E-state index contributed by atoms with van der Waals surface area (Å²) in [5.41, 5.74) is -5.04. The highest BCUT2D eigenvalue weighted by atomic mass is 79.9. The van der Waals surface area contributed by atoms with Crippen LogP contribution in [0.1, 0.15) is 58.8 Å². The van der Waals surface area contributed by atoms with Gasteiger partial charge in [-0.15, -0.1) is 0 Å². The van der Waals surface area contributed by atoms with Crippen molar-refractivity contribution in [3.05, 3.63) is 53.9 Å². The fourth-order valence-corrected chi connectivity index (χ4v) is 3.49. The third kappa shape index (κ3) is 8.71. The number of aromatic amines is 1. The van der Waals surface area contributed by atoms with Gasteiger partial charge in [0.2, 0.25) is 5.88 Å². The molecule has 0 aliphatic heterocycles. The summed E-state index contributed by atoms with van der Waals surface area (Å²) >= 11 is 5.82. The van der Waals surface area contributed by atoms with Gasteiger partial charge in [-0.2, -0.15) is 26.3 Å². The molecular weight excluding hydrogens is 662 g/mol. The standard InChI is InChI=1S/C13H13BrF3NO3.C9H7BrF3NO3/c1-2-20-12(19)8-5-9(14)11(21-6-7-3-4-7)18-10(8)13(15,16)17;1-2-17-8(16)4-3-5(10)7(15)14-6(4)9(11,12)13/h5,7H,2-4,6H2,1H3;3H,2H2,1H3,(H,14,15). The van der Waals surface area contributed by atoms with Crippen molar-refractivity contribution < 1.29 is 50.1 Å². The van der Waals surface area contributed by atoms with Crippen LogP contribution < -0.4 is 10.3 Å². The van der Waals surface area contributed by atoms with Crippen molar-refractivity contribution in [3.8, 4) is 5.88 Å². The van der Waals surface area contributed by atoms with E-state index in [1.807, 2.05) is 0 Å². The summed E-state index contributed by atoms with van der Waals surface area (Å²) in [5.74, 6) is -2.00. The quantitative estimate of drug-likeness (QED) is 0.276. The van der Waals surface area contributed by atoms with Crippen LogP contribution >= 0.6 is 31.9 Å². The summed E-state index contributed by atoms with van der Waals surface area (Å²) < 4.78 is 91.2. The number of carbonyl (C=O) groups excluding carboxylic acids is 2. The van der Waals surface area contributed by atoms with E-state index in [-0.39, 0.29) is 28.0 Å². The minimum absolute atomic E-state index is 0.0202. The first-order valence-corrected chi connectivity index (χ1v) is 12.4. The van der Waals surface area contributed by atoms with E-state index >= 15 is 0 Å². The van der Waals surface area contributed by atoms with Gasteiger partial charge in [-0.25, -0.2) is 14.6 Å². The average molecular weight is 682 g/mol. The van der Waals surface area contributed by atoms with Gasteiger partial charge in [0.15, 0.2) is 5.69 Å². The molecule has 0 spiro atoms. The molecule has 1 fully saturated rings. The maximum absolute atomic E-state index is 13.0. The minimum atomic E-state index is -4.83. The van der Waals surface area contributed by atoms with Gasteiger partial charge in [-0.1, -0.05) is 0 Å². The molecule has 1 N–H and O–H groups in total. The van der Waals surface area contributed by atoms with Crippen LogP contribution in [-0.4, -0.2) is 41.7 Å². The van der Waals surface area contributed by atoms with Crippen molar-refractivity contribution in [2.75, 3.05) is 19.8 Å². The number of nitrogens with one attached hydrogen (secondary N) is 1. The predicted molar refractivity (Wildman–Crippen MR) is 127 cm³/mol. The number of nitrogens with zero attached hydrogens (tertiary/aromatic N) is 1. The molecule has 1 aliphatic rings. The minimum Gasteiger partial charge on any atom is -0.477 e. The number of ether oxygens (including phenoxy) is 3. The van der Waals surface area contributed by atoms with Crippen LogP contribution in [-0.2, 0) is 21.8 Å². The summed E-state index contributed by atoms with van der Waals surface area (Å²) in [7, 11) is 0. The fourth-order valence-electron chi connectivity index (χ4n) is 2.73. The molecule has 0 radical (unpaired) electrons. The van der Waals surface area contributed by atoms with E-state index in [2.05, 4.69) is 46.3 Å². The number of hydrogen-bond donors (Lipinski definition) is 1. The Hall–Kier alpha value is -2.62. The lowest BCUT2D eigenvalue weighted by Gasteiger charge is -2.14. The molecule has 8 nitrogen and oxygen atoms in total. The van der Waals surface area contributed by atoms with Gasteiger partial charge >= 0.3 is 24.3 Å². The molecule has 2 heterocycles. The second-order valence-electron chi connectivity index (χ2n) is 7.60. The highest BCUT2D eigenvalue weighted by Gasteiger charge is 2.39. The third-order valence-corrected chi connectivity index (χ3v) is 5.79. The first kappa shape index (κ1) is 31.6. The van der Waals surface area contributed by atoms with E-state index in [0.717, 1.165) is 25.0 Å². The number of aromatic nitrogens is 2. The van der Waals surface area contributed by atoms with Crippen LogP contribution in [0, 0.1) is 5.92 Å². The Balaban J connectivity index is 0.000000273. The van der Waals surface area contributed by atoms with Gasteiger partial charge in [-0.3, -0.25) is 4.79 Å². The van der Waals surface area contributed by atoms with E-state index in [9.17, 15) is 40.7 Å². The Morgan fingerprint density at radius 2 is 1.47 bits per heavy atom. The molecule has 1 aliphatic carbocycles. The summed E-state index contributed by atoms with van der Waals surface area (Å²) in [5, 5.41) is 0. The van der Waals surface area contributed by atoms with Crippen LogP contribution in [0.5, 0.6) is 5.88 Å². The molecule has 1 saturated carbocycles. The number of esters is 2. The summed E-state index contributed by atoms with van der Waals surface area (Å²) in [6.45, 7) is 3.22. The number of pyridine rings is 2. The zero-order valence-electron chi connectivity index (χ0n) is 19.7. The van der Waals surface area contributed by atoms with Gasteiger partial charge in [0, 0.05) is 0 Å². The molecule has 210 valence electrons. The molecular formula is C22H20Br2F6N2O6. The van der Waals surface area contributed by atoms with Crippen LogP contribution in [0.2, 0.25) is 0 Å². The zero-order chi connectivity index (χ0) is 28.8. The SMILES string of the molecule is CCOC(=O)c1cc(Br)c(=O)[nH]c1C(F)(F)F.CCOC(=O)c1cc(Br)c(OCC2CC2)nc1C(F)(F)F. The molecule has 0 amide bonds. The Labute approximate surface area is 228 Å². The van der Waals surface area contributed by atoms with E-state index < -0.39 is 52.4 Å². The largest absolute Gasteiger partial charge is 0.477 e. The van der Waals surface area contributed by atoms with E-state index in [1.54, 1.807) is 4.98 Å². The molecule has 0 bridgehead atoms. The summed E-state index contributed by atoms with van der Waals surface area (Å²) in [6.07, 6.45) is -7.59. The average Bonchev–Trinajstić information content (AvgIpc) is 3.63. The summed E-state index contributed by atoms with van der Waals surface area (Å²) in [4.78, 5) is 39.0. The molecule has 0 unspecified atom stereocenters. The molecule has 0 saturated heterocycles. The van der Waals surface area contributed by atoms with Gasteiger partial charge in [0.05, 0.1) is 39.9 Å². The van der Waals surface area contributed by atoms with E-state index in [4.69, 9.17) is 4.74 Å². The fraction of sp³-hybridized carbons (Fsp3) is 0.455. The monoisotopic (exact) mass is 680 g/mol. The molecule has 38 heavy (non-hydrogen) atoms. The summed E-state index contributed by atoms with van der Waals surface area (Å²) in [6, 6.07) is 1.83. The number of rotatable bonds is 7. The third-order valence-electron chi connectivity index (χ3n) is 4.64. The highest BCUT2D eigenvalue weighted by molar-refractivity contribution is 9.10. The Bertz CT molecular complexity index is 1230. The highest BCUT2D eigenvalue weighted by Crippen LogP contribution is 2.37. The van der Waals surface area contributed by atoms with Crippen LogP contribution in [0.3, 0.4) is 0 Å². The number of hydrogen-bond acceptors (Lipinski definition) is 7. The van der Waals surface area contributed by atoms with Crippen molar-refractivity contribution in [1.29, 1.82) is 0 Å². The van der Waals surface area contributed by atoms with Gasteiger partial charge in [-0.05, 0) is 76.6 Å².